The van der Waals surface area contributed by atoms with E-state index < -0.39 is 5.91 Å². The minimum Gasteiger partial charge on any atom is -0.493 e. The number of hydrogen-bond donors (Lipinski definition) is 1. The number of nitriles is 1. The summed E-state index contributed by atoms with van der Waals surface area (Å²) in [6.07, 6.45) is 1.33. The Morgan fingerprint density at radius 2 is 1.92 bits per heavy atom. The van der Waals surface area contributed by atoms with Crippen LogP contribution in [-0.2, 0) is 4.79 Å². The van der Waals surface area contributed by atoms with Gasteiger partial charge in [0.05, 0.1) is 12.1 Å². The molecule has 0 aliphatic heterocycles. The smallest absolute Gasteiger partial charge is 0.259 e. The number of amides is 1. The summed E-state index contributed by atoms with van der Waals surface area (Å²) in [5, 5.41) is 9.20. The van der Waals surface area contributed by atoms with Gasteiger partial charge in [0, 0.05) is 0 Å². The molecule has 0 aromatic heterocycles. The molecule has 0 atom stereocenters. The minimum atomic E-state index is -0.819. The highest BCUT2D eigenvalue weighted by atomic mass is 35.5. The number of nitrogens with two attached hydrogens (primary N) is 1. The molecule has 134 valence electrons. The van der Waals surface area contributed by atoms with Crippen molar-refractivity contribution in [3.8, 4) is 23.3 Å². The number of benzene rings is 2. The fourth-order valence-electron chi connectivity index (χ4n) is 2.11. The number of carbonyl (C=O) groups is 1. The van der Waals surface area contributed by atoms with Gasteiger partial charge in [0.15, 0.2) is 11.5 Å². The highest BCUT2D eigenvalue weighted by Crippen LogP contribution is 2.37. The Balaban J connectivity index is 2.09. The van der Waals surface area contributed by atoms with Crippen LogP contribution in [0.3, 0.4) is 0 Å². The second-order valence-corrected chi connectivity index (χ2v) is 5.49. The molecule has 0 fully saturated rings. The zero-order valence-electron chi connectivity index (χ0n) is 14.1. The molecule has 0 saturated heterocycles. The topological polar surface area (TPSA) is 94.6 Å². The first-order chi connectivity index (χ1) is 12.5. The molecule has 0 heterocycles. The van der Waals surface area contributed by atoms with Gasteiger partial charge in [0.1, 0.15) is 30.6 Å². The number of rotatable bonds is 8. The van der Waals surface area contributed by atoms with Crippen LogP contribution in [-0.4, -0.2) is 26.2 Å². The van der Waals surface area contributed by atoms with Gasteiger partial charge in [-0.3, -0.25) is 4.79 Å². The number of carbonyl (C=O) groups excluding carboxylic acids is 1. The van der Waals surface area contributed by atoms with Crippen molar-refractivity contribution in [3.05, 3.63) is 58.6 Å². The molecule has 26 heavy (non-hydrogen) atoms. The van der Waals surface area contributed by atoms with E-state index in [-0.39, 0.29) is 17.2 Å². The molecule has 2 rings (SSSR count). The highest BCUT2D eigenvalue weighted by Gasteiger charge is 2.13. The maximum Gasteiger partial charge on any atom is 0.259 e. The molecule has 0 saturated carbocycles. The average Bonchev–Trinajstić information content (AvgIpc) is 2.64. The number of primary amides is 1. The lowest BCUT2D eigenvalue weighted by molar-refractivity contribution is -0.114. The third-order valence-electron chi connectivity index (χ3n) is 3.29. The second kappa shape index (κ2) is 9.35. The van der Waals surface area contributed by atoms with E-state index in [1.165, 1.54) is 13.2 Å². The number of para-hydroxylation sites is 1. The maximum absolute atomic E-state index is 11.2. The van der Waals surface area contributed by atoms with Crippen LogP contribution in [0.15, 0.2) is 48.0 Å². The highest BCUT2D eigenvalue weighted by molar-refractivity contribution is 6.32. The number of methoxy groups -OCH3 is 1. The van der Waals surface area contributed by atoms with Crippen molar-refractivity contribution in [3.63, 3.8) is 0 Å². The number of halogens is 1. The van der Waals surface area contributed by atoms with Gasteiger partial charge in [-0.15, -0.1) is 0 Å². The van der Waals surface area contributed by atoms with Crippen molar-refractivity contribution in [2.75, 3.05) is 20.3 Å². The van der Waals surface area contributed by atoms with Crippen LogP contribution < -0.4 is 19.9 Å². The van der Waals surface area contributed by atoms with Gasteiger partial charge in [-0.05, 0) is 35.9 Å². The van der Waals surface area contributed by atoms with Gasteiger partial charge in [-0.1, -0.05) is 29.8 Å². The fraction of sp³-hybridized carbons (Fsp3) is 0.158. The van der Waals surface area contributed by atoms with Crippen molar-refractivity contribution in [2.24, 2.45) is 5.73 Å². The molecule has 1 amide bonds. The summed E-state index contributed by atoms with van der Waals surface area (Å²) >= 11 is 6.24. The molecular weight excluding hydrogens is 356 g/mol. The van der Waals surface area contributed by atoms with Gasteiger partial charge in [-0.2, -0.15) is 5.26 Å². The molecule has 0 spiro atoms. The van der Waals surface area contributed by atoms with Crippen LogP contribution >= 0.6 is 11.6 Å². The van der Waals surface area contributed by atoms with Crippen molar-refractivity contribution in [1.29, 1.82) is 5.26 Å². The Hall–Kier alpha value is -3.17. The first kappa shape index (κ1) is 19.2. The van der Waals surface area contributed by atoms with Gasteiger partial charge in [-0.25, -0.2) is 0 Å². The Labute approximate surface area is 156 Å². The van der Waals surface area contributed by atoms with E-state index in [0.717, 1.165) is 5.75 Å². The normalized spacial score (nSPS) is 10.7. The van der Waals surface area contributed by atoms with Crippen LogP contribution in [0.5, 0.6) is 17.2 Å². The SMILES string of the molecule is COc1cc(C=C(C#N)C(N)=O)cc(Cl)c1OCCOc1ccccc1. The summed E-state index contributed by atoms with van der Waals surface area (Å²) in [6, 6.07) is 14.2. The predicted molar refractivity (Wildman–Crippen MR) is 98.2 cm³/mol. The quantitative estimate of drug-likeness (QED) is 0.436. The predicted octanol–water partition coefficient (Wildman–Crippen LogP) is 3.20. The number of nitrogens with zero attached hydrogens (tertiary/aromatic N) is 1. The van der Waals surface area contributed by atoms with E-state index in [1.54, 1.807) is 18.2 Å². The van der Waals surface area contributed by atoms with Gasteiger partial charge < -0.3 is 19.9 Å². The Kier molecular flexibility index (Phi) is 6.89. The molecule has 0 aliphatic carbocycles. The van der Waals surface area contributed by atoms with E-state index in [9.17, 15) is 4.79 Å². The Morgan fingerprint density at radius 3 is 2.54 bits per heavy atom. The van der Waals surface area contributed by atoms with E-state index in [0.29, 0.717) is 23.7 Å². The van der Waals surface area contributed by atoms with Crippen LogP contribution in [0.4, 0.5) is 0 Å². The third-order valence-corrected chi connectivity index (χ3v) is 3.57. The molecule has 2 aromatic carbocycles. The molecule has 0 bridgehead atoms. The van der Waals surface area contributed by atoms with Crippen molar-refractivity contribution >= 4 is 23.6 Å². The Morgan fingerprint density at radius 1 is 1.23 bits per heavy atom. The molecule has 2 N–H and O–H groups in total. The first-order valence-corrected chi connectivity index (χ1v) is 8.02. The number of ether oxygens (including phenoxy) is 3. The summed E-state index contributed by atoms with van der Waals surface area (Å²) < 4.78 is 16.5. The summed E-state index contributed by atoms with van der Waals surface area (Å²) in [7, 11) is 1.46. The molecule has 6 nitrogen and oxygen atoms in total. The standard InChI is InChI=1S/C19H17ClN2O4/c1-24-17-11-13(9-14(12-21)19(22)23)10-16(20)18(17)26-8-7-25-15-5-3-2-4-6-15/h2-6,9-11H,7-8H2,1H3,(H2,22,23). The maximum atomic E-state index is 11.2. The minimum absolute atomic E-state index is 0.187. The molecule has 7 heteroatoms. The van der Waals surface area contributed by atoms with E-state index in [1.807, 2.05) is 30.3 Å². The second-order valence-electron chi connectivity index (χ2n) is 5.08. The van der Waals surface area contributed by atoms with E-state index in [2.05, 4.69) is 0 Å². The van der Waals surface area contributed by atoms with E-state index in [4.69, 9.17) is 36.8 Å². The zero-order valence-corrected chi connectivity index (χ0v) is 14.8. The van der Waals surface area contributed by atoms with Crippen molar-refractivity contribution in [1.82, 2.24) is 0 Å². The van der Waals surface area contributed by atoms with Crippen molar-refractivity contribution < 1.29 is 19.0 Å². The molecule has 2 aromatic rings. The van der Waals surface area contributed by atoms with Gasteiger partial charge in [0.2, 0.25) is 0 Å². The largest absolute Gasteiger partial charge is 0.493 e. The van der Waals surface area contributed by atoms with Crippen molar-refractivity contribution in [2.45, 2.75) is 0 Å². The molecule has 0 radical (unpaired) electrons. The van der Waals surface area contributed by atoms with Crippen LogP contribution in [0, 0.1) is 11.3 Å². The molecule has 0 aliphatic rings. The summed E-state index contributed by atoms with van der Waals surface area (Å²) in [6.45, 7) is 0.580. The van der Waals surface area contributed by atoms with Gasteiger partial charge in [0.25, 0.3) is 5.91 Å². The fourth-order valence-corrected chi connectivity index (χ4v) is 2.38. The average molecular weight is 373 g/mol. The van der Waals surface area contributed by atoms with Crippen LogP contribution in [0.2, 0.25) is 5.02 Å². The van der Waals surface area contributed by atoms with Gasteiger partial charge >= 0.3 is 0 Å². The monoisotopic (exact) mass is 372 g/mol. The zero-order chi connectivity index (χ0) is 18.9. The lowest BCUT2D eigenvalue weighted by Crippen LogP contribution is -2.12. The lowest BCUT2D eigenvalue weighted by atomic mass is 10.1. The van der Waals surface area contributed by atoms with Crippen LogP contribution in [0.1, 0.15) is 5.56 Å². The first-order valence-electron chi connectivity index (χ1n) is 7.65. The molecular formula is C19H17ClN2O4. The summed E-state index contributed by atoms with van der Waals surface area (Å²) in [5.74, 6) is 0.636. The molecule has 0 unspecified atom stereocenters. The lowest BCUT2D eigenvalue weighted by Gasteiger charge is -2.14. The summed E-state index contributed by atoms with van der Waals surface area (Å²) in [4.78, 5) is 11.2. The summed E-state index contributed by atoms with van der Waals surface area (Å²) in [5.41, 5.74) is 5.44. The Bertz CT molecular complexity index is 845. The van der Waals surface area contributed by atoms with E-state index >= 15 is 0 Å². The third kappa shape index (κ3) is 5.16. The van der Waals surface area contributed by atoms with Crippen LogP contribution in [0.25, 0.3) is 6.08 Å². The number of hydrogen-bond acceptors (Lipinski definition) is 5.